The molecule has 1 N–H and O–H groups in total. The third-order valence-corrected chi connectivity index (χ3v) is 4.87. The Morgan fingerprint density at radius 2 is 1.80 bits per heavy atom. The summed E-state index contributed by atoms with van der Waals surface area (Å²) >= 11 is 6.22. The average Bonchev–Trinajstić information content (AvgIpc) is 2.74. The van der Waals surface area contributed by atoms with Crippen LogP contribution in [0.2, 0.25) is 0 Å². The van der Waals surface area contributed by atoms with E-state index in [1.54, 1.807) is 0 Å². The van der Waals surface area contributed by atoms with Crippen LogP contribution in [0.3, 0.4) is 0 Å². The summed E-state index contributed by atoms with van der Waals surface area (Å²) in [7, 11) is -3.09. The van der Waals surface area contributed by atoms with Crippen LogP contribution in [0.5, 0.6) is 0 Å². The molecule has 104 valence electrons. The predicted octanol–water partition coefficient (Wildman–Crippen LogP) is 3.65. The van der Waals surface area contributed by atoms with E-state index in [-0.39, 0.29) is 5.75 Å². The van der Waals surface area contributed by atoms with Gasteiger partial charge in [-0.3, -0.25) is 0 Å². The van der Waals surface area contributed by atoms with Gasteiger partial charge in [-0.05, 0) is 23.8 Å². The van der Waals surface area contributed by atoms with E-state index < -0.39 is 15.2 Å². The molecule has 3 rings (SSSR count). The Morgan fingerprint density at radius 3 is 2.55 bits per heavy atom. The van der Waals surface area contributed by atoms with Gasteiger partial charge in [-0.25, -0.2) is 8.42 Å². The number of fused-ring (bicyclic) bond motifs is 3. The number of aromatic amines is 1. The molecule has 0 fully saturated rings. The largest absolute Gasteiger partial charge is 0.355 e. The molecule has 2 aromatic carbocycles. The zero-order valence-corrected chi connectivity index (χ0v) is 12.5. The summed E-state index contributed by atoms with van der Waals surface area (Å²) in [6.45, 7) is 0. The molecule has 0 saturated carbocycles. The van der Waals surface area contributed by atoms with E-state index in [2.05, 4.69) is 4.98 Å². The van der Waals surface area contributed by atoms with E-state index in [9.17, 15) is 8.42 Å². The lowest BCUT2D eigenvalue weighted by Gasteiger charge is -2.08. The third kappa shape index (κ3) is 2.53. The van der Waals surface area contributed by atoms with Crippen LogP contribution in [-0.4, -0.2) is 25.4 Å². The molecular formula is C15H14ClNO2S. The monoisotopic (exact) mass is 307 g/mol. The van der Waals surface area contributed by atoms with Crippen LogP contribution < -0.4 is 0 Å². The van der Waals surface area contributed by atoms with Gasteiger partial charge < -0.3 is 4.98 Å². The zero-order valence-electron chi connectivity index (χ0n) is 10.9. The maximum absolute atomic E-state index is 11.4. The molecule has 0 spiro atoms. The molecule has 0 aliphatic rings. The number of rotatable bonds is 3. The molecule has 5 heteroatoms. The summed E-state index contributed by atoms with van der Waals surface area (Å²) in [5, 5.41) is 1.66. The number of benzene rings is 2. The van der Waals surface area contributed by atoms with Crippen molar-refractivity contribution in [2.45, 2.75) is 5.38 Å². The molecular weight excluding hydrogens is 294 g/mol. The van der Waals surface area contributed by atoms with Gasteiger partial charge in [-0.2, -0.15) is 0 Å². The topological polar surface area (TPSA) is 49.9 Å². The van der Waals surface area contributed by atoms with Gasteiger partial charge in [0.1, 0.15) is 9.84 Å². The number of nitrogens with one attached hydrogen (secondary N) is 1. The normalized spacial score (nSPS) is 13.9. The van der Waals surface area contributed by atoms with Crippen molar-refractivity contribution >= 4 is 43.2 Å². The van der Waals surface area contributed by atoms with E-state index in [0.29, 0.717) is 0 Å². The van der Waals surface area contributed by atoms with Crippen molar-refractivity contribution in [1.29, 1.82) is 0 Å². The molecule has 1 unspecified atom stereocenters. The quantitative estimate of drug-likeness (QED) is 0.751. The number of aromatic nitrogens is 1. The summed E-state index contributed by atoms with van der Waals surface area (Å²) in [6.07, 6.45) is 1.20. The second-order valence-corrected chi connectivity index (χ2v) is 7.75. The smallest absolute Gasteiger partial charge is 0.149 e. The van der Waals surface area contributed by atoms with Crippen molar-refractivity contribution < 1.29 is 8.42 Å². The lowest BCUT2D eigenvalue weighted by atomic mass is 10.1. The van der Waals surface area contributed by atoms with Crippen LogP contribution in [-0.2, 0) is 9.84 Å². The summed E-state index contributed by atoms with van der Waals surface area (Å²) in [5.41, 5.74) is 2.92. The molecule has 0 aliphatic heterocycles. The molecule has 1 atom stereocenters. The van der Waals surface area contributed by atoms with Gasteiger partial charge in [0.05, 0.1) is 11.1 Å². The van der Waals surface area contributed by atoms with Gasteiger partial charge in [0, 0.05) is 28.1 Å². The maximum atomic E-state index is 11.4. The van der Waals surface area contributed by atoms with Gasteiger partial charge in [0.15, 0.2) is 0 Å². The van der Waals surface area contributed by atoms with Gasteiger partial charge in [-0.1, -0.05) is 24.3 Å². The molecule has 3 aromatic rings. The fraction of sp³-hybridized carbons (Fsp3) is 0.200. The number of halogens is 1. The molecule has 1 aromatic heterocycles. The third-order valence-electron chi connectivity index (χ3n) is 3.34. The van der Waals surface area contributed by atoms with Crippen molar-refractivity contribution in [3.8, 4) is 0 Å². The first-order valence-corrected chi connectivity index (χ1v) is 8.76. The van der Waals surface area contributed by atoms with Crippen LogP contribution >= 0.6 is 11.6 Å². The highest BCUT2D eigenvalue weighted by Gasteiger charge is 2.16. The number of H-pyrrole nitrogens is 1. The highest BCUT2D eigenvalue weighted by atomic mass is 35.5. The Labute approximate surface area is 122 Å². The van der Waals surface area contributed by atoms with E-state index in [4.69, 9.17) is 11.6 Å². The molecule has 0 aliphatic carbocycles. The van der Waals surface area contributed by atoms with E-state index in [1.165, 1.54) is 6.26 Å². The second-order valence-electron chi connectivity index (χ2n) is 5.04. The molecule has 0 saturated heterocycles. The first-order valence-electron chi connectivity index (χ1n) is 6.26. The number of sulfone groups is 1. The lowest BCUT2D eigenvalue weighted by molar-refractivity contribution is 0.600. The zero-order chi connectivity index (χ0) is 14.3. The minimum absolute atomic E-state index is 0.0532. The Hall–Kier alpha value is -1.52. The maximum Gasteiger partial charge on any atom is 0.149 e. The highest BCUT2D eigenvalue weighted by molar-refractivity contribution is 7.90. The molecule has 0 bridgehead atoms. The lowest BCUT2D eigenvalue weighted by Crippen LogP contribution is -2.08. The Kier molecular flexibility index (Phi) is 3.22. The highest BCUT2D eigenvalue weighted by Crippen LogP contribution is 2.30. The van der Waals surface area contributed by atoms with Crippen molar-refractivity contribution in [3.63, 3.8) is 0 Å². The fourth-order valence-corrected chi connectivity index (χ4v) is 3.97. The van der Waals surface area contributed by atoms with Gasteiger partial charge in [0.25, 0.3) is 0 Å². The molecule has 0 radical (unpaired) electrons. The minimum atomic E-state index is -3.09. The number of alkyl halides is 1. The van der Waals surface area contributed by atoms with Crippen molar-refractivity contribution in [1.82, 2.24) is 4.98 Å². The molecule has 3 nitrogen and oxygen atoms in total. The van der Waals surface area contributed by atoms with E-state index in [1.807, 2.05) is 42.5 Å². The van der Waals surface area contributed by atoms with Crippen molar-refractivity contribution in [2.24, 2.45) is 0 Å². The first kappa shape index (κ1) is 13.5. The van der Waals surface area contributed by atoms with Crippen LogP contribution in [0.25, 0.3) is 21.8 Å². The number of hydrogen-bond donors (Lipinski definition) is 1. The van der Waals surface area contributed by atoms with Gasteiger partial charge in [0.2, 0.25) is 0 Å². The Bertz CT molecular complexity index is 883. The van der Waals surface area contributed by atoms with Gasteiger partial charge >= 0.3 is 0 Å². The standard InChI is InChI=1S/C15H14ClNO2S/c1-20(18,19)9-13(16)10-6-7-15-12(8-10)11-4-2-3-5-14(11)17-15/h2-8,13,17H,9H2,1H3. The van der Waals surface area contributed by atoms with E-state index >= 15 is 0 Å². The fourth-order valence-electron chi connectivity index (χ4n) is 2.42. The van der Waals surface area contributed by atoms with Crippen LogP contribution in [0.1, 0.15) is 10.9 Å². The Morgan fingerprint density at radius 1 is 1.10 bits per heavy atom. The van der Waals surface area contributed by atoms with Crippen LogP contribution in [0.4, 0.5) is 0 Å². The summed E-state index contributed by atoms with van der Waals surface area (Å²) in [6, 6.07) is 13.8. The Balaban J connectivity index is 2.12. The van der Waals surface area contributed by atoms with Gasteiger partial charge in [-0.15, -0.1) is 11.6 Å². The predicted molar refractivity (Wildman–Crippen MR) is 84.1 cm³/mol. The van der Waals surface area contributed by atoms with Crippen molar-refractivity contribution in [3.05, 3.63) is 48.0 Å². The summed E-state index contributed by atoms with van der Waals surface area (Å²) in [4.78, 5) is 3.33. The number of hydrogen-bond acceptors (Lipinski definition) is 2. The first-order chi connectivity index (χ1) is 9.44. The molecule has 1 heterocycles. The minimum Gasteiger partial charge on any atom is -0.355 e. The second kappa shape index (κ2) is 4.79. The molecule has 20 heavy (non-hydrogen) atoms. The SMILES string of the molecule is CS(=O)(=O)CC(Cl)c1ccc2[nH]c3ccccc3c2c1. The molecule has 0 amide bonds. The summed E-state index contributed by atoms with van der Waals surface area (Å²) in [5.74, 6) is -0.0532. The number of para-hydroxylation sites is 1. The van der Waals surface area contributed by atoms with Crippen LogP contribution in [0, 0.1) is 0 Å². The summed E-state index contributed by atoms with van der Waals surface area (Å²) < 4.78 is 22.7. The van der Waals surface area contributed by atoms with E-state index in [0.717, 1.165) is 27.4 Å². The van der Waals surface area contributed by atoms with Crippen LogP contribution in [0.15, 0.2) is 42.5 Å². The van der Waals surface area contributed by atoms with Crippen molar-refractivity contribution in [2.75, 3.05) is 12.0 Å². The average molecular weight is 308 g/mol.